The predicted molar refractivity (Wildman–Crippen MR) is 158 cm³/mol. The van der Waals surface area contributed by atoms with Crippen LogP contribution in [0.5, 0.6) is 11.5 Å². The summed E-state index contributed by atoms with van der Waals surface area (Å²) in [6, 6.07) is 10.6. The van der Waals surface area contributed by atoms with Gasteiger partial charge in [-0.15, -0.1) is 0 Å². The zero-order valence-electron chi connectivity index (χ0n) is 26.0. The molecule has 3 aromatic carbocycles. The Morgan fingerprint density at radius 3 is 2.08 bits per heavy atom. The Kier molecular flexibility index (Phi) is 13.6. The van der Waals surface area contributed by atoms with Crippen molar-refractivity contribution >= 4 is 12.0 Å². The van der Waals surface area contributed by atoms with Crippen LogP contribution in [0, 0.1) is 11.6 Å². The zero-order valence-corrected chi connectivity index (χ0v) is 26.0. The fraction of sp³-hybridized carbons (Fsp3) is 0.394. The Balaban J connectivity index is 1.98. The van der Waals surface area contributed by atoms with E-state index in [0.29, 0.717) is 49.3 Å². The molecule has 0 aromatic heterocycles. The number of urea groups is 1. The lowest BCUT2D eigenvalue weighted by molar-refractivity contribution is -0.253. The van der Waals surface area contributed by atoms with Crippen LogP contribution in [0.4, 0.5) is 44.3 Å². The second kappa shape index (κ2) is 17.2. The minimum absolute atomic E-state index is 0.0450. The van der Waals surface area contributed by atoms with Crippen LogP contribution in [0.15, 0.2) is 66.7 Å². The van der Waals surface area contributed by atoms with Crippen molar-refractivity contribution in [3.63, 3.8) is 0 Å². The average molecular weight is 709 g/mol. The summed E-state index contributed by atoms with van der Waals surface area (Å²) in [5, 5.41) is 3.95. The van der Waals surface area contributed by atoms with Crippen LogP contribution in [0.25, 0.3) is 0 Å². The van der Waals surface area contributed by atoms with Crippen LogP contribution >= 0.6 is 0 Å². The van der Waals surface area contributed by atoms with Crippen molar-refractivity contribution in [1.29, 1.82) is 0 Å². The second-order valence-corrected chi connectivity index (χ2v) is 10.8. The van der Waals surface area contributed by atoms with Gasteiger partial charge in [-0.3, -0.25) is 4.79 Å². The molecule has 0 aliphatic heterocycles. The third kappa shape index (κ3) is 12.1. The van der Waals surface area contributed by atoms with Crippen LogP contribution in [0.3, 0.4) is 0 Å². The molecule has 0 bridgehead atoms. The second-order valence-electron chi connectivity index (χ2n) is 10.8. The molecule has 1 atom stereocenters. The first-order chi connectivity index (χ1) is 23.0. The van der Waals surface area contributed by atoms with Crippen molar-refractivity contribution in [2.24, 2.45) is 0 Å². The number of carbonyl (C=O) groups is 2. The van der Waals surface area contributed by atoms with Crippen molar-refractivity contribution in [2.45, 2.75) is 63.3 Å². The average Bonchev–Trinajstić information content (AvgIpc) is 3.01. The molecule has 0 spiro atoms. The number of unbranched alkanes of at least 4 members (excludes halogenated alkanes) is 2. The highest BCUT2D eigenvalue weighted by molar-refractivity contribution is 5.76. The Labute approximate surface area is 275 Å². The molecule has 49 heavy (non-hydrogen) atoms. The number of alkyl halides is 7. The van der Waals surface area contributed by atoms with Gasteiger partial charge in [-0.1, -0.05) is 24.3 Å². The molecule has 0 aliphatic carbocycles. The third-order valence-corrected chi connectivity index (χ3v) is 6.98. The fourth-order valence-corrected chi connectivity index (χ4v) is 4.76. The lowest BCUT2D eigenvalue weighted by Gasteiger charge is -2.37. The highest BCUT2D eigenvalue weighted by Gasteiger charge is 2.45. The van der Waals surface area contributed by atoms with E-state index >= 15 is 0 Å². The summed E-state index contributed by atoms with van der Waals surface area (Å²) in [5.41, 5.74) is -2.24. The van der Waals surface area contributed by atoms with Gasteiger partial charge in [-0.05, 0) is 79.3 Å². The molecule has 3 rings (SSSR count). The van der Waals surface area contributed by atoms with Crippen molar-refractivity contribution in [3.8, 4) is 11.5 Å². The normalized spacial score (nSPS) is 13.0. The van der Waals surface area contributed by atoms with Gasteiger partial charge in [0.05, 0.1) is 18.8 Å². The first-order valence-electron chi connectivity index (χ1n) is 14.9. The summed E-state index contributed by atoms with van der Waals surface area (Å²) in [7, 11) is 0. The van der Waals surface area contributed by atoms with E-state index in [1.807, 2.05) is 0 Å². The van der Waals surface area contributed by atoms with Gasteiger partial charge < -0.3 is 24.8 Å². The minimum Gasteiger partial charge on any atom is -0.494 e. The molecular formula is C33H33F9N2O5. The zero-order chi connectivity index (χ0) is 36.2. The van der Waals surface area contributed by atoms with Gasteiger partial charge in [0.25, 0.3) is 0 Å². The first-order valence-corrected chi connectivity index (χ1v) is 14.9. The molecule has 2 amide bonds. The molecule has 0 fully saturated rings. The molecule has 16 heteroatoms. The van der Waals surface area contributed by atoms with E-state index in [-0.39, 0.29) is 24.6 Å². The van der Waals surface area contributed by atoms with Crippen molar-refractivity contribution in [2.75, 3.05) is 19.8 Å². The van der Waals surface area contributed by atoms with E-state index in [9.17, 15) is 49.1 Å². The van der Waals surface area contributed by atoms with Crippen LogP contribution in [-0.4, -0.2) is 50.5 Å². The first kappa shape index (κ1) is 38.8. The highest BCUT2D eigenvalue weighted by atomic mass is 19.4. The number of amides is 2. The maximum atomic E-state index is 14.9. The number of rotatable bonds is 17. The molecule has 2 N–H and O–H groups in total. The van der Waals surface area contributed by atoms with Gasteiger partial charge in [-0.25, -0.2) is 13.6 Å². The van der Waals surface area contributed by atoms with Crippen molar-refractivity contribution in [1.82, 2.24) is 10.6 Å². The number of hydrogen-bond donors (Lipinski definition) is 2. The van der Waals surface area contributed by atoms with Crippen LogP contribution in [-0.2, 0) is 21.5 Å². The van der Waals surface area contributed by atoms with E-state index in [2.05, 4.69) is 10.1 Å². The molecule has 0 unspecified atom stereocenters. The number of benzene rings is 3. The van der Waals surface area contributed by atoms with Gasteiger partial charge >= 0.3 is 30.7 Å². The van der Waals surface area contributed by atoms with Crippen LogP contribution < -0.4 is 20.1 Å². The number of esters is 1. The summed E-state index contributed by atoms with van der Waals surface area (Å²) < 4.78 is 136. The van der Waals surface area contributed by atoms with Crippen molar-refractivity contribution in [3.05, 3.63) is 95.1 Å². The SMILES string of the molecule is CCOC(=O)CCCCCOc1ccc(C[C@@](NC(=O)NCC(F)(F)F)(c2ccc(F)cc2)c2cc(F)cc(OC(F)(F)C(F)F)c2)cc1. The highest BCUT2D eigenvalue weighted by Crippen LogP contribution is 2.38. The Hall–Kier alpha value is -4.63. The summed E-state index contributed by atoms with van der Waals surface area (Å²) in [6.07, 6.45) is -12.4. The summed E-state index contributed by atoms with van der Waals surface area (Å²) in [4.78, 5) is 24.4. The standard InChI is InChI=1S/C33H33F9N2O5/c1-2-47-28(45)6-4-3-5-15-48-26-13-7-21(8-14-26)19-31(22-9-11-24(34)12-10-22,44-30(46)43-20-32(38,39)40)23-16-25(35)18-27(17-23)49-33(41,42)29(36)37/h7-14,16-18,29H,2-6,15,19-20H2,1H3,(H2,43,44,46)/t31-/m1/s1. The van der Waals surface area contributed by atoms with Gasteiger partial charge in [-0.2, -0.15) is 30.7 Å². The topological polar surface area (TPSA) is 85.9 Å². The molecule has 0 saturated heterocycles. The Bertz CT molecular complexity index is 1520. The van der Waals surface area contributed by atoms with E-state index < -0.39 is 66.2 Å². The number of carbonyl (C=O) groups excluding carboxylic acids is 2. The number of hydrogen-bond acceptors (Lipinski definition) is 5. The lowest BCUT2D eigenvalue weighted by Crippen LogP contribution is -2.53. The number of nitrogens with one attached hydrogen (secondary N) is 2. The third-order valence-electron chi connectivity index (χ3n) is 6.98. The van der Waals surface area contributed by atoms with Gasteiger partial charge in [0, 0.05) is 18.9 Å². The molecular weight excluding hydrogens is 675 g/mol. The molecule has 7 nitrogen and oxygen atoms in total. The lowest BCUT2D eigenvalue weighted by atomic mass is 9.77. The molecule has 0 saturated carbocycles. The van der Waals surface area contributed by atoms with E-state index in [4.69, 9.17) is 9.47 Å². The van der Waals surface area contributed by atoms with Gasteiger partial charge in [0.2, 0.25) is 0 Å². The van der Waals surface area contributed by atoms with E-state index in [1.54, 1.807) is 12.2 Å². The molecule has 0 aliphatic rings. The maximum Gasteiger partial charge on any atom is 0.461 e. The van der Waals surface area contributed by atoms with Crippen molar-refractivity contribution < 1.29 is 63.3 Å². The van der Waals surface area contributed by atoms with Gasteiger partial charge in [0.15, 0.2) is 0 Å². The number of ether oxygens (including phenoxy) is 3. The molecule has 0 radical (unpaired) electrons. The smallest absolute Gasteiger partial charge is 0.461 e. The summed E-state index contributed by atoms with van der Waals surface area (Å²) >= 11 is 0. The molecule has 0 heterocycles. The monoisotopic (exact) mass is 708 g/mol. The Morgan fingerprint density at radius 1 is 0.796 bits per heavy atom. The van der Waals surface area contributed by atoms with Gasteiger partial charge in [0.1, 0.15) is 29.7 Å². The number of halogens is 9. The maximum absolute atomic E-state index is 14.9. The quantitative estimate of drug-likeness (QED) is 0.0843. The molecule has 268 valence electrons. The minimum atomic E-state index is -5.06. The predicted octanol–water partition coefficient (Wildman–Crippen LogP) is 8.05. The largest absolute Gasteiger partial charge is 0.494 e. The van der Waals surface area contributed by atoms with Crippen LogP contribution in [0.2, 0.25) is 0 Å². The summed E-state index contributed by atoms with van der Waals surface area (Å²) in [6.45, 7) is 0.507. The molecule has 3 aromatic rings. The Morgan fingerprint density at radius 2 is 1.47 bits per heavy atom. The van der Waals surface area contributed by atoms with Crippen LogP contribution in [0.1, 0.15) is 49.3 Å². The van der Waals surface area contributed by atoms with E-state index in [0.717, 1.165) is 30.3 Å². The van der Waals surface area contributed by atoms with E-state index in [1.165, 1.54) is 24.3 Å². The summed E-state index contributed by atoms with van der Waals surface area (Å²) in [5.74, 6) is -3.03. The fourth-order valence-electron chi connectivity index (χ4n) is 4.76.